The zero-order valence-corrected chi connectivity index (χ0v) is 18.7. The summed E-state index contributed by atoms with van der Waals surface area (Å²) in [5, 5.41) is 27.1. The van der Waals surface area contributed by atoms with Crippen LogP contribution in [-0.2, 0) is 35.7 Å². The molecule has 1 saturated heterocycles. The number of hydrogen-bond donors (Lipinski definition) is 4. The minimum Gasteiger partial charge on any atom is -0.479 e. The van der Waals surface area contributed by atoms with Crippen LogP contribution in [0.3, 0.4) is 0 Å². The molecule has 178 valence electrons. The zero-order chi connectivity index (χ0) is 24.3. The van der Waals surface area contributed by atoms with E-state index in [0.29, 0.717) is 17.8 Å². The SMILES string of the molecule is CC(C)CC(NC(=O)C1OC1C(=O)O)C(=O)NCc1cn(-c2ccc(S(N)(=O)=O)cc2)nn1. The first-order valence-electron chi connectivity index (χ1n) is 9.96. The monoisotopic (exact) mass is 480 g/mol. The normalized spacial score (nSPS) is 18.5. The van der Waals surface area contributed by atoms with Crippen molar-refractivity contribution in [2.75, 3.05) is 0 Å². The van der Waals surface area contributed by atoms with Crippen LogP contribution in [-0.4, -0.2) is 64.6 Å². The number of aromatic nitrogens is 3. The van der Waals surface area contributed by atoms with Crippen LogP contribution in [0.25, 0.3) is 5.69 Å². The van der Waals surface area contributed by atoms with Gasteiger partial charge in [0.05, 0.1) is 23.3 Å². The van der Waals surface area contributed by atoms with Crippen molar-refractivity contribution in [1.82, 2.24) is 25.6 Å². The number of sulfonamides is 1. The quantitative estimate of drug-likeness (QED) is 0.305. The Bertz CT molecular complexity index is 1150. The number of primary sulfonamides is 1. The van der Waals surface area contributed by atoms with E-state index >= 15 is 0 Å². The highest BCUT2D eigenvalue weighted by Crippen LogP contribution is 2.22. The largest absolute Gasteiger partial charge is 0.479 e. The van der Waals surface area contributed by atoms with Gasteiger partial charge >= 0.3 is 5.97 Å². The van der Waals surface area contributed by atoms with E-state index in [9.17, 15) is 22.8 Å². The van der Waals surface area contributed by atoms with Gasteiger partial charge in [0.1, 0.15) is 11.7 Å². The molecule has 1 aliphatic heterocycles. The molecule has 1 fully saturated rings. The fourth-order valence-corrected chi connectivity index (χ4v) is 3.57. The number of ether oxygens (including phenoxy) is 1. The second-order valence-electron chi connectivity index (χ2n) is 7.92. The molecular weight excluding hydrogens is 456 g/mol. The average molecular weight is 481 g/mol. The molecule has 0 aliphatic carbocycles. The maximum atomic E-state index is 12.6. The predicted molar refractivity (Wildman–Crippen MR) is 112 cm³/mol. The van der Waals surface area contributed by atoms with Crippen molar-refractivity contribution < 1.29 is 32.6 Å². The van der Waals surface area contributed by atoms with E-state index < -0.39 is 46.1 Å². The Morgan fingerprint density at radius 3 is 2.42 bits per heavy atom. The van der Waals surface area contributed by atoms with Gasteiger partial charge < -0.3 is 20.5 Å². The van der Waals surface area contributed by atoms with Crippen molar-refractivity contribution in [3.63, 3.8) is 0 Å². The van der Waals surface area contributed by atoms with Gasteiger partial charge in [-0.1, -0.05) is 19.1 Å². The van der Waals surface area contributed by atoms with Crippen molar-refractivity contribution in [2.45, 2.75) is 50.0 Å². The van der Waals surface area contributed by atoms with Crippen LogP contribution in [0.4, 0.5) is 0 Å². The van der Waals surface area contributed by atoms with Crippen molar-refractivity contribution in [2.24, 2.45) is 11.1 Å². The van der Waals surface area contributed by atoms with Gasteiger partial charge in [-0.3, -0.25) is 9.59 Å². The molecule has 3 atom stereocenters. The van der Waals surface area contributed by atoms with Gasteiger partial charge in [-0.2, -0.15) is 0 Å². The van der Waals surface area contributed by atoms with E-state index in [0.717, 1.165) is 0 Å². The van der Waals surface area contributed by atoms with Crippen LogP contribution in [0.5, 0.6) is 0 Å². The summed E-state index contributed by atoms with van der Waals surface area (Å²) in [5.74, 6) is -2.27. The number of nitrogens with two attached hydrogens (primary N) is 1. The molecule has 2 amide bonds. The Morgan fingerprint density at radius 1 is 1.21 bits per heavy atom. The van der Waals surface area contributed by atoms with Crippen molar-refractivity contribution in [1.29, 1.82) is 0 Å². The van der Waals surface area contributed by atoms with Gasteiger partial charge in [0, 0.05) is 0 Å². The van der Waals surface area contributed by atoms with Crippen molar-refractivity contribution in [3.8, 4) is 5.69 Å². The number of amides is 2. The highest BCUT2D eigenvalue weighted by molar-refractivity contribution is 7.89. The van der Waals surface area contributed by atoms with Crippen molar-refractivity contribution >= 4 is 27.8 Å². The molecule has 1 aromatic heterocycles. The minimum absolute atomic E-state index is 0.0240. The zero-order valence-electron chi connectivity index (χ0n) is 17.8. The van der Waals surface area contributed by atoms with Gasteiger partial charge in [0.15, 0.2) is 12.2 Å². The number of nitrogens with zero attached hydrogens (tertiary/aromatic N) is 3. The van der Waals surface area contributed by atoms with E-state index in [4.69, 9.17) is 15.0 Å². The molecule has 0 bridgehead atoms. The number of carbonyl (C=O) groups excluding carboxylic acids is 2. The molecule has 13 nitrogen and oxygen atoms in total. The van der Waals surface area contributed by atoms with Crippen molar-refractivity contribution in [3.05, 3.63) is 36.2 Å². The highest BCUT2D eigenvalue weighted by atomic mass is 32.2. The summed E-state index contributed by atoms with van der Waals surface area (Å²) in [6, 6.07) is 4.82. The third kappa shape index (κ3) is 6.34. The van der Waals surface area contributed by atoms with Crippen LogP contribution >= 0.6 is 0 Å². The lowest BCUT2D eigenvalue weighted by Gasteiger charge is -2.19. The highest BCUT2D eigenvalue weighted by Gasteiger charge is 2.51. The number of aliphatic carboxylic acids is 1. The standard InChI is InChI=1S/C19H24N6O7S/c1-10(2)7-14(22-18(27)15-16(32-15)19(28)29)17(26)21-8-11-9-25(24-23-11)12-3-5-13(6-4-12)33(20,30)31/h3-6,9-10,14-16H,7-8H2,1-2H3,(H,21,26)(H,22,27)(H,28,29)(H2,20,30,31). The summed E-state index contributed by atoms with van der Waals surface area (Å²) in [6.45, 7) is 3.79. The summed E-state index contributed by atoms with van der Waals surface area (Å²) in [7, 11) is -3.81. The maximum Gasteiger partial charge on any atom is 0.336 e. The van der Waals surface area contributed by atoms with Crippen LogP contribution in [0.15, 0.2) is 35.4 Å². The molecule has 1 aliphatic rings. The molecular formula is C19H24N6O7S. The lowest BCUT2D eigenvalue weighted by atomic mass is 10.0. The Kier molecular flexibility index (Phi) is 7.09. The van der Waals surface area contributed by atoms with Gasteiger partial charge in [-0.05, 0) is 36.6 Å². The lowest BCUT2D eigenvalue weighted by molar-refractivity contribution is -0.138. The second-order valence-corrected chi connectivity index (χ2v) is 9.48. The molecule has 0 saturated carbocycles. The summed E-state index contributed by atoms with van der Waals surface area (Å²) in [6.07, 6.45) is -0.407. The van der Waals surface area contributed by atoms with Gasteiger partial charge in [-0.25, -0.2) is 23.0 Å². The number of carbonyl (C=O) groups is 3. The summed E-state index contributed by atoms with van der Waals surface area (Å²) in [5.41, 5.74) is 0.958. The lowest BCUT2D eigenvalue weighted by Crippen LogP contribution is -2.48. The van der Waals surface area contributed by atoms with E-state index in [-0.39, 0.29) is 17.4 Å². The number of carboxylic acids is 1. The molecule has 0 radical (unpaired) electrons. The van der Waals surface area contributed by atoms with Crippen LogP contribution in [0, 0.1) is 5.92 Å². The second kappa shape index (κ2) is 9.64. The molecule has 2 aromatic rings. The Morgan fingerprint density at radius 2 is 1.88 bits per heavy atom. The Balaban J connectivity index is 1.59. The van der Waals surface area contributed by atoms with Gasteiger partial charge in [0.25, 0.3) is 5.91 Å². The van der Waals surface area contributed by atoms with E-state index in [1.807, 2.05) is 13.8 Å². The van der Waals surface area contributed by atoms with Crippen LogP contribution < -0.4 is 15.8 Å². The van der Waals surface area contributed by atoms with Gasteiger partial charge in [0.2, 0.25) is 15.9 Å². The molecule has 33 heavy (non-hydrogen) atoms. The third-order valence-corrected chi connectivity index (χ3v) is 5.68. The Hall–Kier alpha value is -3.36. The molecule has 3 unspecified atom stereocenters. The van der Waals surface area contributed by atoms with E-state index in [1.54, 1.807) is 6.20 Å². The number of carboxylic acid groups (broad SMARTS) is 1. The maximum absolute atomic E-state index is 12.6. The number of hydrogen-bond acceptors (Lipinski definition) is 8. The summed E-state index contributed by atoms with van der Waals surface area (Å²) < 4.78 is 28.9. The van der Waals surface area contributed by atoms with E-state index in [2.05, 4.69) is 20.9 Å². The molecule has 2 heterocycles. The topological polar surface area (TPSA) is 199 Å². The first-order chi connectivity index (χ1) is 15.5. The fraction of sp³-hybridized carbons (Fsp3) is 0.421. The molecule has 0 spiro atoms. The van der Waals surface area contributed by atoms with Crippen LogP contribution in [0.1, 0.15) is 26.0 Å². The summed E-state index contributed by atoms with van der Waals surface area (Å²) in [4.78, 5) is 35.7. The molecule has 5 N–H and O–H groups in total. The van der Waals surface area contributed by atoms with Gasteiger partial charge in [-0.15, -0.1) is 5.10 Å². The third-order valence-electron chi connectivity index (χ3n) is 4.75. The molecule has 3 rings (SSSR count). The number of nitrogens with one attached hydrogen (secondary N) is 2. The molecule has 14 heteroatoms. The summed E-state index contributed by atoms with van der Waals surface area (Å²) >= 11 is 0. The minimum atomic E-state index is -3.81. The number of rotatable bonds is 10. The van der Waals surface area contributed by atoms with Crippen LogP contribution in [0.2, 0.25) is 0 Å². The van der Waals surface area contributed by atoms with E-state index in [1.165, 1.54) is 28.9 Å². The smallest absolute Gasteiger partial charge is 0.336 e. The first kappa shape index (κ1) is 24.3. The average Bonchev–Trinajstić information content (AvgIpc) is 3.42. The fourth-order valence-electron chi connectivity index (χ4n) is 3.05. The first-order valence-corrected chi connectivity index (χ1v) is 11.5. The predicted octanol–water partition coefficient (Wildman–Crippen LogP) is -1.09. The Labute approximate surface area is 189 Å². The number of benzene rings is 1. The number of epoxide rings is 1. The molecule has 1 aromatic carbocycles.